The van der Waals surface area contributed by atoms with Gasteiger partial charge in [0.1, 0.15) is 11.9 Å². The quantitative estimate of drug-likeness (QED) is 0.472. The second kappa shape index (κ2) is 9.43. The number of likely N-dealkylation sites (N-methyl/N-ethyl adjacent to an activating group) is 2. The number of likely N-dealkylation sites (tertiary alicyclic amines) is 2. The van der Waals surface area contributed by atoms with Crippen LogP contribution in [-0.4, -0.2) is 82.6 Å². The summed E-state index contributed by atoms with van der Waals surface area (Å²) < 4.78 is 29.8. The van der Waals surface area contributed by atoms with Crippen molar-refractivity contribution in [1.29, 1.82) is 0 Å². The predicted octanol–water partition coefficient (Wildman–Crippen LogP) is 5.27. The van der Waals surface area contributed by atoms with Crippen LogP contribution in [0.5, 0.6) is 23.0 Å². The zero-order valence-electron chi connectivity index (χ0n) is 27.1. The Kier molecular flexibility index (Phi) is 5.78. The third kappa shape index (κ3) is 3.28. The van der Waals surface area contributed by atoms with Crippen molar-refractivity contribution in [2.24, 2.45) is 0 Å². The molecule has 0 radical (unpaired) electrons. The predicted molar refractivity (Wildman–Crippen MR) is 173 cm³/mol. The molecule has 0 amide bonds. The SMILES string of the molecule is COC1=CC=C2[C@H]3Cc4ccc(OC)c5c4[C@@]2(CCN3C)[C@H]1O5.COc1ccc2c3c1O[C@H]1C(C)=CC=C4[C@@H](C2)N(C)CC[C@]431. The lowest BCUT2D eigenvalue weighted by Gasteiger charge is -2.53. The van der Waals surface area contributed by atoms with Gasteiger partial charge in [-0.05, 0) is 106 Å². The normalized spacial score (nSPS) is 33.9. The lowest BCUT2D eigenvalue weighted by atomic mass is 9.56. The molecule has 2 aromatic carbocycles. The molecule has 6 atom stereocenters. The van der Waals surface area contributed by atoms with E-state index in [2.05, 4.69) is 73.3 Å². The van der Waals surface area contributed by atoms with Gasteiger partial charge in [0.25, 0.3) is 0 Å². The molecule has 8 aliphatic rings. The number of hydrogen-bond donors (Lipinski definition) is 0. The Morgan fingerprint density at radius 2 is 1.18 bits per heavy atom. The van der Waals surface area contributed by atoms with E-state index in [1.807, 2.05) is 6.07 Å². The van der Waals surface area contributed by atoms with Gasteiger partial charge in [0, 0.05) is 23.2 Å². The molecule has 45 heavy (non-hydrogen) atoms. The van der Waals surface area contributed by atoms with Gasteiger partial charge < -0.3 is 23.7 Å². The smallest absolute Gasteiger partial charge is 0.169 e. The highest BCUT2D eigenvalue weighted by Gasteiger charge is 2.63. The average molecular weight is 607 g/mol. The zero-order chi connectivity index (χ0) is 30.8. The summed E-state index contributed by atoms with van der Waals surface area (Å²) in [7, 11) is 9.67. The largest absolute Gasteiger partial charge is 0.497 e. The first-order valence-corrected chi connectivity index (χ1v) is 16.4. The monoisotopic (exact) mass is 606 g/mol. The Balaban J connectivity index is 0.000000125. The second-order valence-corrected chi connectivity index (χ2v) is 14.0. The van der Waals surface area contributed by atoms with Crippen LogP contribution in [0.1, 0.15) is 42.0 Å². The molecule has 4 aliphatic carbocycles. The van der Waals surface area contributed by atoms with Gasteiger partial charge in [-0.1, -0.05) is 30.4 Å². The van der Waals surface area contributed by atoms with Crippen molar-refractivity contribution < 1.29 is 23.7 Å². The molecule has 0 N–H and O–H groups in total. The summed E-state index contributed by atoms with van der Waals surface area (Å²) in [6.07, 6.45) is 13.4. The van der Waals surface area contributed by atoms with Gasteiger partial charge in [-0.25, -0.2) is 0 Å². The minimum Gasteiger partial charge on any atom is -0.497 e. The Hall–Kier alpha value is -3.68. The molecule has 4 aliphatic heterocycles. The third-order valence-electron chi connectivity index (χ3n) is 12.3. The van der Waals surface area contributed by atoms with E-state index < -0.39 is 0 Å². The van der Waals surface area contributed by atoms with E-state index in [9.17, 15) is 0 Å². The Morgan fingerprint density at radius 3 is 1.71 bits per heavy atom. The molecule has 7 heteroatoms. The van der Waals surface area contributed by atoms with E-state index in [1.54, 1.807) is 26.9 Å². The molecule has 2 fully saturated rings. The summed E-state index contributed by atoms with van der Waals surface area (Å²) in [6.45, 7) is 4.41. The molecule has 0 unspecified atom stereocenters. The van der Waals surface area contributed by atoms with E-state index in [1.165, 1.54) is 33.4 Å². The van der Waals surface area contributed by atoms with Crippen molar-refractivity contribution in [3.8, 4) is 23.0 Å². The summed E-state index contributed by atoms with van der Waals surface area (Å²) in [5, 5.41) is 0. The highest BCUT2D eigenvalue weighted by molar-refractivity contribution is 5.69. The van der Waals surface area contributed by atoms with Crippen LogP contribution in [0.2, 0.25) is 0 Å². The van der Waals surface area contributed by atoms with Gasteiger partial charge in [-0.15, -0.1) is 0 Å². The number of rotatable bonds is 3. The van der Waals surface area contributed by atoms with Crippen molar-refractivity contribution >= 4 is 0 Å². The van der Waals surface area contributed by atoms with Crippen LogP contribution in [0.25, 0.3) is 0 Å². The molecule has 2 aromatic rings. The molecular formula is C38H42N2O5. The van der Waals surface area contributed by atoms with Crippen LogP contribution in [0.3, 0.4) is 0 Å². The zero-order valence-corrected chi connectivity index (χ0v) is 27.1. The third-order valence-corrected chi connectivity index (χ3v) is 12.3. The summed E-state index contributed by atoms with van der Waals surface area (Å²) in [5.74, 6) is 4.55. The van der Waals surface area contributed by atoms with Gasteiger partial charge in [-0.2, -0.15) is 0 Å². The fourth-order valence-corrected chi connectivity index (χ4v) is 10.3. The van der Waals surface area contributed by atoms with Crippen LogP contribution < -0.4 is 18.9 Å². The number of methoxy groups -OCH3 is 3. The summed E-state index contributed by atoms with van der Waals surface area (Å²) in [5.41, 5.74) is 9.95. The summed E-state index contributed by atoms with van der Waals surface area (Å²) in [4.78, 5) is 4.98. The lowest BCUT2D eigenvalue weighted by Crippen LogP contribution is -2.58. The highest BCUT2D eigenvalue weighted by atomic mass is 16.6. The maximum absolute atomic E-state index is 6.50. The number of nitrogens with zero attached hydrogens (tertiary/aromatic N) is 2. The topological polar surface area (TPSA) is 52.6 Å². The highest BCUT2D eigenvalue weighted by Crippen LogP contribution is 2.64. The molecule has 4 bridgehead atoms. The first kappa shape index (κ1) is 27.6. The van der Waals surface area contributed by atoms with E-state index in [0.717, 1.165) is 67.5 Å². The number of piperidine rings is 2. The van der Waals surface area contributed by atoms with Gasteiger partial charge in [0.15, 0.2) is 29.1 Å². The van der Waals surface area contributed by atoms with Crippen LogP contribution >= 0.6 is 0 Å². The molecule has 4 heterocycles. The van der Waals surface area contributed by atoms with Crippen LogP contribution in [-0.2, 0) is 28.4 Å². The Bertz CT molecular complexity index is 1770. The molecule has 7 nitrogen and oxygen atoms in total. The first-order chi connectivity index (χ1) is 21.9. The van der Waals surface area contributed by atoms with Gasteiger partial charge in [-0.3, -0.25) is 9.80 Å². The molecule has 10 rings (SSSR count). The van der Waals surface area contributed by atoms with Crippen molar-refractivity contribution in [3.05, 3.63) is 93.3 Å². The maximum atomic E-state index is 6.50. The first-order valence-electron chi connectivity index (χ1n) is 16.4. The van der Waals surface area contributed by atoms with Crippen LogP contribution in [0.15, 0.2) is 71.0 Å². The summed E-state index contributed by atoms with van der Waals surface area (Å²) in [6, 6.07) is 9.56. The van der Waals surface area contributed by atoms with Gasteiger partial charge >= 0.3 is 0 Å². The lowest BCUT2D eigenvalue weighted by molar-refractivity contribution is 0.0734. The van der Waals surface area contributed by atoms with E-state index in [-0.39, 0.29) is 23.0 Å². The van der Waals surface area contributed by atoms with Crippen molar-refractivity contribution in [2.75, 3.05) is 48.5 Å². The van der Waals surface area contributed by atoms with E-state index >= 15 is 0 Å². The van der Waals surface area contributed by atoms with Gasteiger partial charge in [0.2, 0.25) is 0 Å². The number of benzene rings is 2. The van der Waals surface area contributed by atoms with Gasteiger partial charge in [0.05, 0.1) is 32.2 Å². The molecule has 0 aromatic heterocycles. The molecule has 0 saturated carbocycles. The van der Waals surface area contributed by atoms with Crippen molar-refractivity contribution in [2.45, 2.75) is 67.7 Å². The summed E-state index contributed by atoms with van der Waals surface area (Å²) >= 11 is 0. The van der Waals surface area contributed by atoms with Crippen molar-refractivity contribution in [1.82, 2.24) is 9.80 Å². The Labute approximate surface area is 265 Å². The molecular weight excluding hydrogens is 564 g/mol. The molecule has 2 spiro atoms. The minimum atomic E-state index is -0.0747. The molecule has 234 valence electrons. The fourth-order valence-electron chi connectivity index (χ4n) is 10.3. The van der Waals surface area contributed by atoms with E-state index in [0.29, 0.717) is 12.1 Å². The molecule has 2 saturated heterocycles. The number of ether oxygens (including phenoxy) is 5. The minimum absolute atomic E-state index is 0.0491. The average Bonchev–Trinajstić information content (AvgIpc) is 3.59. The Morgan fingerprint density at radius 1 is 0.667 bits per heavy atom. The van der Waals surface area contributed by atoms with Crippen LogP contribution in [0, 0.1) is 0 Å². The standard InChI is InChI=1S/C19H21NO3.C19H21NO2/c1-20-9-8-19-12-5-7-15(22-3)18(19)23-17-14(21-2)6-4-11(16(17)19)10-13(12)20;1-11-4-6-13-14-10-12-5-7-15(21-3)17-16(12)19(13,18(11)22-17)8-9-20(14)2/h4-7,13,18H,8-10H2,1-3H3;4-7,14,18H,8-10H2,1-3H3/t13-,18+,19+;14-,18+,19+/m11/s1. The maximum Gasteiger partial charge on any atom is 0.169 e. The number of hydrogen-bond acceptors (Lipinski definition) is 7. The second-order valence-electron chi connectivity index (χ2n) is 14.0. The van der Waals surface area contributed by atoms with E-state index in [4.69, 9.17) is 23.7 Å². The number of allylic oxidation sites excluding steroid dienone is 4. The van der Waals surface area contributed by atoms with Crippen molar-refractivity contribution in [3.63, 3.8) is 0 Å². The fraction of sp³-hybridized carbons (Fsp3) is 0.474. The van der Waals surface area contributed by atoms with Crippen LogP contribution in [0.4, 0.5) is 0 Å².